The number of aromatic nitrogens is 1. The first-order chi connectivity index (χ1) is 8.38. The molecule has 1 unspecified atom stereocenters. The maximum absolute atomic E-state index is 5.19. The predicted octanol–water partition coefficient (Wildman–Crippen LogP) is 1.89. The number of piperidine rings is 1. The lowest BCUT2D eigenvalue weighted by atomic mass is 9.99. The molecule has 0 aromatic carbocycles. The Morgan fingerprint density at radius 3 is 3.18 bits per heavy atom. The van der Waals surface area contributed by atoms with E-state index in [2.05, 4.69) is 22.3 Å². The van der Waals surface area contributed by atoms with Gasteiger partial charge in [-0.3, -0.25) is 4.90 Å². The molecular formula is C13H23N3O. The van der Waals surface area contributed by atoms with Crippen LogP contribution in [0.1, 0.15) is 31.9 Å². The van der Waals surface area contributed by atoms with Crippen molar-refractivity contribution in [3.05, 3.63) is 18.0 Å². The molecule has 17 heavy (non-hydrogen) atoms. The van der Waals surface area contributed by atoms with Crippen LogP contribution in [0.4, 0.5) is 0 Å². The Bertz CT molecular complexity index is 294. The Morgan fingerprint density at radius 2 is 2.53 bits per heavy atom. The minimum absolute atomic E-state index is 0.790. The van der Waals surface area contributed by atoms with Gasteiger partial charge < -0.3 is 9.84 Å². The van der Waals surface area contributed by atoms with Crippen LogP contribution >= 0.6 is 0 Å². The van der Waals surface area contributed by atoms with Crippen molar-refractivity contribution < 1.29 is 4.52 Å². The molecule has 4 heteroatoms. The molecule has 1 N–H and O–H groups in total. The van der Waals surface area contributed by atoms with Crippen molar-refractivity contribution in [3.63, 3.8) is 0 Å². The van der Waals surface area contributed by atoms with Crippen molar-refractivity contribution in [3.8, 4) is 0 Å². The summed E-state index contributed by atoms with van der Waals surface area (Å²) >= 11 is 0. The van der Waals surface area contributed by atoms with Crippen LogP contribution in [0.15, 0.2) is 16.8 Å². The number of nitrogens with zero attached hydrogens (tertiary/aromatic N) is 2. The van der Waals surface area contributed by atoms with Gasteiger partial charge in [0.1, 0.15) is 0 Å². The molecule has 0 saturated carbocycles. The summed E-state index contributed by atoms with van der Waals surface area (Å²) in [4.78, 5) is 2.48. The lowest BCUT2D eigenvalue weighted by molar-refractivity contribution is 0.183. The first kappa shape index (κ1) is 12.6. The molecule has 1 fully saturated rings. The number of nitrogens with one attached hydrogen (secondary N) is 1. The molecule has 2 rings (SSSR count). The summed E-state index contributed by atoms with van der Waals surface area (Å²) in [6.45, 7) is 7.78. The number of rotatable bonds is 6. The molecule has 1 aromatic heterocycles. The summed E-state index contributed by atoms with van der Waals surface area (Å²) < 4.78 is 5.19. The van der Waals surface area contributed by atoms with Gasteiger partial charge in [0.2, 0.25) is 0 Å². The van der Waals surface area contributed by atoms with E-state index in [0.717, 1.165) is 31.3 Å². The lowest BCUT2D eigenvalue weighted by Gasteiger charge is -2.29. The SMILES string of the molecule is CCCN(Cc1ccno1)CC1CCCNC1. The third-order valence-electron chi connectivity index (χ3n) is 3.33. The van der Waals surface area contributed by atoms with E-state index in [4.69, 9.17) is 4.52 Å². The highest BCUT2D eigenvalue weighted by atomic mass is 16.5. The Labute approximate surface area is 103 Å². The number of hydrogen-bond donors (Lipinski definition) is 1. The van der Waals surface area contributed by atoms with Crippen LogP contribution < -0.4 is 5.32 Å². The van der Waals surface area contributed by atoms with E-state index in [1.165, 1.54) is 32.4 Å². The van der Waals surface area contributed by atoms with Crippen molar-refractivity contribution in [1.29, 1.82) is 0 Å². The van der Waals surface area contributed by atoms with Gasteiger partial charge in [0.05, 0.1) is 12.7 Å². The van der Waals surface area contributed by atoms with Crippen molar-refractivity contribution in [2.75, 3.05) is 26.2 Å². The molecule has 4 nitrogen and oxygen atoms in total. The Morgan fingerprint density at radius 1 is 1.59 bits per heavy atom. The molecule has 1 aromatic rings. The van der Waals surface area contributed by atoms with Gasteiger partial charge in [0.15, 0.2) is 5.76 Å². The maximum atomic E-state index is 5.19. The fourth-order valence-electron chi connectivity index (χ4n) is 2.54. The van der Waals surface area contributed by atoms with Gasteiger partial charge in [-0.15, -0.1) is 0 Å². The summed E-state index contributed by atoms with van der Waals surface area (Å²) in [5.41, 5.74) is 0. The minimum Gasteiger partial charge on any atom is -0.360 e. The number of hydrogen-bond acceptors (Lipinski definition) is 4. The molecule has 1 saturated heterocycles. The van der Waals surface area contributed by atoms with Crippen molar-refractivity contribution in [1.82, 2.24) is 15.4 Å². The molecule has 2 heterocycles. The first-order valence-electron chi connectivity index (χ1n) is 6.71. The summed E-state index contributed by atoms with van der Waals surface area (Å²) in [5, 5.41) is 7.25. The zero-order chi connectivity index (χ0) is 11.9. The quantitative estimate of drug-likeness (QED) is 0.820. The van der Waals surface area contributed by atoms with Crippen LogP contribution in [0.2, 0.25) is 0 Å². The van der Waals surface area contributed by atoms with E-state index < -0.39 is 0 Å². The second-order valence-corrected chi connectivity index (χ2v) is 4.93. The van der Waals surface area contributed by atoms with Crippen LogP contribution in [0.25, 0.3) is 0 Å². The van der Waals surface area contributed by atoms with Gasteiger partial charge >= 0.3 is 0 Å². The molecular weight excluding hydrogens is 214 g/mol. The van der Waals surface area contributed by atoms with Crippen LogP contribution in [-0.4, -0.2) is 36.2 Å². The Hall–Kier alpha value is -0.870. The van der Waals surface area contributed by atoms with E-state index in [9.17, 15) is 0 Å². The minimum atomic E-state index is 0.790. The topological polar surface area (TPSA) is 41.3 Å². The van der Waals surface area contributed by atoms with Crippen LogP contribution in [0, 0.1) is 5.92 Å². The van der Waals surface area contributed by atoms with E-state index in [1.54, 1.807) is 6.20 Å². The average Bonchev–Trinajstić information content (AvgIpc) is 2.83. The largest absolute Gasteiger partial charge is 0.360 e. The Kier molecular flexibility index (Phi) is 5.01. The van der Waals surface area contributed by atoms with Gasteiger partial charge in [-0.05, 0) is 44.8 Å². The fraction of sp³-hybridized carbons (Fsp3) is 0.769. The highest BCUT2D eigenvalue weighted by Gasteiger charge is 2.17. The van der Waals surface area contributed by atoms with Crippen molar-refractivity contribution >= 4 is 0 Å². The highest BCUT2D eigenvalue weighted by molar-refractivity contribution is 4.92. The molecule has 0 aliphatic carbocycles. The van der Waals surface area contributed by atoms with Gasteiger partial charge in [-0.1, -0.05) is 12.1 Å². The molecule has 1 aliphatic rings. The maximum Gasteiger partial charge on any atom is 0.150 e. The van der Waals surface area contributed by atoms with Gasteiger partial charge in [-0.2, -0.15) is 0 Å². The monoisotopic (exact) mass is 237 g/mol. The normalized spacial score (nSPS) is 20.9. The molecule has 0 spiro atoms. The molecule has 1 aliphatic heterocycles. The first-order valence-corrected chi connectivity index (χ1v) is 6.71. The molecule has 96 valence electrons. The third-order valence-corrected chi connectivity index (χ3v) is 3.33. The second-order valence-electron chi connectivity index (χ2n) is 4.93. The van der Waals surface area contributed by atoms with E-state index >= 15 is 0 Å². The second kappa shape index (κ2) is 6.77. The molecule has 1 atom stereocenters. The fourth-order valence-corrected chi connectivity index (χ4v) is 2.54. The van der Waals surface area contributed by atoms with Gasteiger partial charge in [0.25, 0.3) is 0 Å². The summed E-state index contributed by atoms with van der Waals surface area (Å²) in [6, 6.07) is 1.96. The molecule has 0 radical (unpaired) electrons. The summed E-state index contributed by atoms with van der Waals surface area (Å²) in [5.74, 6) is 1.76. The molecule has 0 amide bonds. The molecule has 0 bridgehead atoms. The van der Waals surface area contributed by atoms with Crippen LogP contribution in [0.3, 0.4) is 0 Å². The third kappa shape index (κ3) is 4.13. The van der Waals surface area contributed by atoms with Crippen LogP contribution in [-0.2, 0) is 6.54 Å². The van der Waals surface area contributed by atoms with Crippen molar-refractivity contribution in [2.24, 2.45) is 5.92 Å². The van der Waals surface area contributed by atoms with E-state index in [0.29, 0.717) is 0 Å². The van der Waals surface area contributed by atoms with E-state index in [-0.39, 0.29) is 0 Å². The highest BCUT2D eigenvalue weighted by Crippen LogP contribution is 2.14. The predicted molar refractivity (Wildman–Crippen MR) is 67.7 cm³/mol. The average molecular weight is 237 g/mol. The van der Waals surface area contributed by atoms with E-state index in [1.807, 2.05) is 6.07 Å². The zero-order valence-corrected chi connectivity index (χ0v) is 10.7. The van der Waals surface area contributed by atoms with Crippen LogP contribution in [0.5, 0.6) is 0 Å². The van der Waals surface area contributed by atoms with Gasteiger partial charge in [0, 0.05) is 12.6 Å². The summed E-state index contributed by atoms with van der Waals surface area (Å²) in [7, 11) is 0. The standard InChI is InChI=1S/C13H23N3O/c1-2-8-16(11-13-5-7-15-17-13)10-12-4-3-6-14-9-12/h5,7,12,14H,2-4,6,8-11H2,1H3. The lowest BCUT2D eigenvalue weighted by Crippen LogP contribution is -2.38. The zero-order valence-electron chi connectivity index (χ0n) is 10.7. The summed E-state index contributed by atoms with van der Waals surface area (Å²) in [6.07, 6.45) is 5.58. The van der Waals surface area contributed by atoms with Crippen molar-refractivity contribution in [2.45, 2.75) is 32.7 Å². The Balaban J connectivity index is 1.83. The smallest absolute Gasteiger partial charge is 0.150 e. The van der Waals surface area contributed by atoms with Gasteiger partial charge in [-0.25, -0.2) is 0 Å².